The smallest absolute Gasteiger partial charge is 0.0955 e. The van der Waals surface area contributed by atoms with Crippen LogP contribution in [0.25, 0.3) is 11.0 Å². The molecule has 0 fully saturated rings. The van der Waals surface area contributed by atoms with Gasteiger partial charge in [0.15, 0.2) is 0 Å². The van der Waals surface area contributed by atoms with E-state index in [2.05, 4.69) is 28.5 Å². The van der Waals surface area contributed by atoms with Gasteiger partial charge in [-0.2, -0.15) is 0 Å². The maximum Gasteiger partial charge on any atom is 0.0955 e. The maximum absolute atomic E-state index is 8.93. The van der Waals surface area contributed by atoms with E-state index in [0.717, 1.165) is 24.0 Å². The van der Waals surface area contributed by atoms with Crippen molar-refractivity contribution in [2.45, 2.75) is 12.5 Å². The molecule has 0 radical (unpaired) electrons. The molecular weight excluding hydrogens is 230 g/mol. The zero-order chi connectivity index (χ0) is 13.0. The molecular formula is C13H19N3O2. The van der Waals surface area contributed by atoms with Gasteiger partial charge in [0, 0.05) is 7.05 Å². The van der Waals surface area contributed by atoms with Gasteiger partial charge in [0.1, 0.15) is 0 Å². The highest BCUT2D eigenvalue weighted by atomic mass is 16.3. The minimum Gasteiger partial charge on any atom is -0.395 e. The average Bonchev–Trinajstić information content (AvgIpc) is 2.76. The Morgan fingerprint density at radius 2 is 2.11 bits per heavy atom. The van der Waals surface area contributed by atoms with Crippen LogP contribution in [0, 0.1) is 0 Å². The molecule has 1 heterocycles. The van der Waals surface area contributed by atoms with Gasteiger partial charge < -0.3 is 20.1 Å². The van der Waals surface area contributed by atoms with Gasteiger partial charge in [-0.05, 0) is 30.7 Å². The maximum atomic E-state index is 8.93. The first-order valence-corrected chi connectivity index (χ1v) is 6.09. The monoisotopic (exact) mass is 249 g/mol. The number of aromatic nitrogens is 2. The van der Waals surface area contributed by atoms with Crippen molar-refractivity contribution >= 4 is 11.0 Å². The van der Waals surface area contributed by atoms with Crippen LogP contribution >= 0.6 is 0 Å². The molecule has 0 spiro atoms. The Hall–Kier alpha value is -1.43. The van der Waals surface area contributed by atoms with Crippen LogP contribution in [0.4, 0.5) is 0 Å². The lowest BCUT2D eigenvalue weighted by atomic mass is 10.1. The van der Waals surface area contributed by atoms with Crippen LogP contribution in [0.15, 0.2) is 24.5 Å². The molecule has 18 heavy (non-hydrogen) atoms. The quantitative estimate of drug-likeness (QED) is 0.677. The first-order valence-electron chi connectivity index (χ1n) is 6.09. The summed E-state index contributed by atoms with van der Waals surface area (Å²) in [5, 5.41) is 21.0. The van der Waals surface area contributed by atoms with Gasteiger partial charge in [-0.15, -0.1) is 0 Å². The molecule has 0 amide bonds. The highest BCUT2D eigenvalue weighted by Crippen LogP contribution is 2.13. The Balaban J connectivity index is 1.95. The van der Waals surface area contributed by atoms with E-state index in [-0.39, 0.29) is 19.3 Å². The van der Waals surface area contributed by atoms with Gasteiger partial charge in [0.05, 0.1) is 36.6 Å². The Labute approximate surface area is 106 Å². The summed E-state index contributed by atoms with van der Waals surface area (Å²) in [6.45, 7) is 0.635. The fourth-order valence-corrected chi connectivity index (χ4v) is 1.94. The summed E-state index contributed by atoms with van der Waals surface area (Å²) in [7, 11) is 1.98. The summed E-state index contributed by atoms with van der Waals surface area (Å²) in [5.41, 5.74) is 3.31. The Bertz CT molecular complexity index is 506. The van der Waals surface area contributed by atoms with E-state index in [1.54, 1.807) is 6.33 Å². The highest BCUT2D eigenvalue weighted by Gasteiger charge is 2.05. The molecule has 5 nitrogen and oxygen atoms in total. The van der Waals surface area contributed by atoms with Crippen molar-refractivity contribution in [3.8, 4) is 0 Å². The number of aliphatic hydroxyl groups is 2. The van der Waals surface area contributed by atoms with Crippen LogP contribution < -0.4 is 5.32 Å². The SMILES string of the molecule is Cn1cnc2cc(CCNC(CO)CO)ccc21. The Kier molecular flexibility index (Phi) is 4.30. The van der Waals surface area contributed by atoms with Gasteiger partial charge in [-0.1, -0.05) is 6.07 Å². The molecule has 2 aromatic rings. The lowest BCUT2D eigenvalue weighted by Gasteiger charge is -2.12. The van der Waals surface area contributed by atoms with Crippen molar-refractivity contribution in [3.05, 3.63) is 30.1 Å². The largest absolute Gasteiger partial charge is 0.395 e. The van der Waals surface area contributed by atoms with Crippen molar-refractivity contribution in [2.75, 3.05) is 19.8 Å². The predicted molar refractivity (Wildman–Crippen MR) is 70.4 cm³/mol. The Morgan fingerprint density at radius 1 is 1.33 bits per heavy atom. The third-order valence-electron chi connectivity index (χ3n) is 3.08. The lowest BCUT2D eigenvalue weighted by Crippen LogP contribution is -2.36. The molecule has 2 rings (SSSR count). The van der Waals surface area contributed by atoms with Crippen LogP contribution in [0.3, 0.4) is 0 Å². The number of imidazole rings is 1. The molecule has 0 saturated heterocycles. The molecule has 0 aliphatic heterocycles. The van der Waals surface area contributed by atoms with Gasteiger partial charge >= 0.3 is 0 Å². The molecule has 0 aliphatic carbocycles. The number of nitrogens with one attached hydrogen (secondary N) is 1. The van der Waals surface area contributed by atoms with E-state index >= 15 is 0 Å². The van der Waals surface area contributed by atoms with Crippen LogP contribution in [0.2, 0.25) is 0 Å². The van der Waals surface area contributed by atoms with E-state index < -0.39 is 0 Å². The fraction of sp³-hybridized carbons (Fsp3) is 0.462. The third-order valence-corrected chi connectivity index (χ3v) is 3.08. The first kappa shape index (κ1) is 13.0. The summed E-state index contributed by atoms with van der Waals surface area (Å²) >= 11 is 0. The number of benzene rings is 1. The summed E-state index contributed by atoms with van der Waals surface area (Å²) in [5.74, 6) is 0. The summed E-state index contributed by atoms with van der Waals surface area (Å²) < 4.78 is 1.99. The van der Waals surface area contributed by atoms with Gasteiger partial charge in [0.25, 0.3) is 0 Å². The van der Waals surface area contributed by atoms with Crippen LogP contribution in [-0.2, 0) is 13.5 Å². The fourth-order valence-electron chi connectivity index (χ4n) is 1.94. The highest BCUT2D eigenvalue weighted by molar-refractivity contribution is 5.75. The van der Waals surface area contributed by atoms with Crippen LogP contribution in [0.5, 0.6) is 0 Å². The lowest BCUT2D eigenvalue weighted by molar-refractivity contribution is 0.171. The minimum atomic E-state index is -0.233. The molecule has 98 valence electrons. The molecule has 0 atom stereocenters. The number of aliphatic hydroxyl groups excluding tert-OH is 2. The summed E-state index contributed by atoms with van der Waals surface area (Å²) in [4.78, 5) is 4.32. The summed E-state index contributed by atoms with van der Waals surface area (Å²) in [6.07, 6.45) is 2.66. The number of nitrogens with zero attached hydrogens (tertiary/aromatic N) is 2. The normalized spacial score (nSPS) is 11.6. The van der Waals surface area contributed by atoms with E-state index in [4.69, 9.17) is 10.2 Å². The number of fused-ring (bicyclic) bond motifs is 1. The van der Waals surface area contributed by atoms with Crippen molar-refractivity contribution in [3.63, 3.8) is 0 Å². The minimum absolute atomic E-state index is 0.0459. The molecule has 1 aromatic heterocycles. The number of aryl methyl sites for hydroxylation is 1. The van der Waals surface area contributed by atoms with Crippen LogP contribution in [0.1, 0.15) is 5.56 Å². The molecule has 5 heteroatoms. The number of hydrogen-bond donors (Lipinski definition) is 3. The second-order valence-electron chi connectivity index (χ2n) is 4.44. The second-order valence-corrected chi connectivity index (χ2v) is 4.44. The van der Waals surface area contributed by atoms with Crippen molar-refractivity contribution in [1.29, 1.82) is 0 Å². The summed E-state index contributed by atoms with van der Waals surface area (Å²) in [6, 6.07) is 5.99. The van der Waals surface area contributed by atoms with Gasteiger partial charge in [-0.3, -0.25) is 0 Å². The molecule has 3 N–H and O–H groups in total. The molecule has 1 aromatic carbocycles. The standard InChI is InChI=1S/C13H19N3O2/c1-16-9-15-12-6-10(2-3-13(12)16)4-5-14-11(7-17)8-18/h2-3,6,9,11,14,17-18H,4-5,7-8H2,1H3. The van der Waals surface area contributed by atoms with E-state index in [1.807, 2.05) is 11.6 Å². The third kappa shape index (κ3) is 2.87. The van der Waals surface area contributed by atoms with Crippen molar-refractivity contribution in [1.82, 2.24) is 14.9 Å². The average molecular weight is 249 g/mol. The molecule has 0 bridgehead atoms. The predicted octanol–water partition coefficient (Wildman–Crippen LogP) is 0.0586. The van der Waals surface area contributed by atoms with E-state index in [9.17, 15) is 0 Å². The number of hydrogen-bond acceptors (Lipinski definition) is 4. The van der Waals surface area contributed by atoms with Crippen molar-refractivity contribution in [2.24, 2.45) is 7.05 Å². The molecule has 0 aliphatic rings. The molecule has 0 unspecified atom stereocenters. The number of rotatable bonds is 6. The van der Waals surface area contributed by atoms with Gasteiger partial charge in [-0.25, -0.2) is 4.98 Å². The Morgan fingerprint density at radius 3 is 2.83 bits per heavy atom. The van der Waals surface area contributed by atoms with E-state index in [1.165, 1.54) is 5.56 Å². The second kappa shape index (κ2) is 5.95. The molecule has 0 saturated carbocycles. The topological polar surface area (TPSA) is 70.3 Å². The zero-order valence-electron chi connectivity index (χ0n) is 10.5. The van der Waals surface area contributed by atoms with E-state index in [0.29, 0.717) is 0 Å². The van der Waals surface area contributed by atoms with Crippen molar-refractivity contribution < 1.29 is 10.2 Å². The zero-order valence-corrected chi connectivity index (χ0v) is 10.5. The van der Waals surface area contributed by atoms with Gasteiger partial charge in [0.2, 0.25) is 0 Å². The van der Waals surface area contributed by atoms with Crippen LogP contribution in [-0.4, -0.2) is 45.6 Å². The first-order chi connectivity index (χ1) is 8.74.